The van der Waals surface area contributed by atoms with Gasteiger partial charge in [-0.1, -0.05) is 12.1 Å². The van der Waals surface area contributed by atoms with Crippen LogP contribution in [0.25, 0.3) is 0 Å². The highest BCUT2D eigenvalue weighted by Crippen LogP contribution is 2.29. The van der Waals surface area contributed by atoms with Crippen LogP contribution in [0.4, 0.5) is 0 Å². The number of rotatable bonds is 6. The van der Waals surface area contributed by atoms with Crippen LogP contribution in [0.1, 0.15) is 32.8 Å². The van der Waals surface area contributed by atoms with Crippen molar-refractivity contribution in [3.05, 3.63) is 28.2 Å². The Balaban J connectivity index is 2.70. The highest BCUT2D eigenvalue weighted by Gasteiger charge is 2.13. The van der Waals surface area contributed by atoms with Crippen molar-refractivity contribution in [2.45, 2.75) is 39.3 Å². The fourth-order valence-electron chi connectivity index (χ4n) is 1.55. The van der Waals surface area contributed by atoms with Gasteiger partial charge >= 0.3 is 5.97 Å². The van der Waals surface area contributed by atoms with Crippen molar-refractivity contribution in [2.75, 3.05) is 13.7 Å². The van der Waals surface area contributed by atoms with Gasteiger partial charge in [0, 0.05) is 17.6 Å². The second-order valence-electron chi connectivity index (χ2n) is 5.51. The molecule has 0 fully saturated rings. The minimum Gasteiger partial charge on any atom is -0.491 e. The number of methoxy groups -OCH3 is 1. The van der Waals surface area contributed by atoms with Crippen LogP contribution in [0.15, 0.2) is 22.7 Å². The number of halogens is 1. The molecule has 1 N–H and O–H groups in total. The van der Waals surface area contributed by atoms with Crippen molar-refractivity contribution in [2.24, 2.45) is 0 Å². The van der Waals surface area contributed by atoms with Gasteiger partial charge in [0.15, 0.2) is 0 Å². The first-order valence-corrected chi connectivity index (χ1v) is 7.35. The third-order valence-corrected chi connectivity index (χ3v) is 3.26. The molecule has 1 aromatic carbocycles. The Hall–Kier alpha value is -1.07. The fraction of sp³-hybridized carbons (Fsp3) is 0.533. The zero-order chi connectivity index (χ0) is 15.2. The first-order chi connectivity index (χ1) is 9.33. The summed E-state index contributed by atoms with van der Waals surface area (Å²) in [6, 6.07) is 5.90. The van der Waals surface area contributed by atoms with Gasteiger partial charge in [-0.05, 0) is 42.8 Å². The molecule has 0 saturated carbocycles. The summed E-state index contributed by atoms with van der Waals surface area (Å²) in [6.45, 7) is 7.35. The van der Waals surface area contributed by atoms with E-state index < -0.39 is 0 Å². The van der Waals surface area contributed by atoms with Gasteiger partial charge in [-0.3, -0.25) is 4.79 Å². The maximum atomic E-state index is 11.1. The highest BCUT2D eigenvalue weighted by atomic mass is 79.9. The molecule has 0 atom stereocenters. The number of carbonyl (C=O) groups excluding carboxylic acids is 1. The third kappa shape index (κ3) is 5.92. The van der Waals surface area contributed by atoms with Gasteiger partial charge < -0.3 is 14.8 Å². The van der Waals surface area contributed by atoms with Crippen LogP contribution in [-0.4, -0.2) is 25.2 Å². The zero-order valence-electron chi connectivity index (χ0n) is 12.5. The molecule has 0 aliphatic rings. The summed E-state index contributed by atoms with van der Waals surface area (Å²) in [5.74, 6) is 0.500. The number of carbonyl (C=O) groups is 1. The second kappa shape index (κ2) is 7.64. The van der Waals surface area contributed by atoms with E-state index in [-0.39, 0.29) is 17.9 Å². The van der Waals surface area contributed by atoms with Crippen LogP contribution in [-0.2, 0) is 16.1 Å². The fourth-order valence-corrected chi connectivity index (χ4v) is 2.07. The van der Waals surface area contributed by atoms with Crippen LogP contribution in [0, 0.1) is 0 Å². The molecule has 1 rings (SSSR count). The normalized spacial score (nSPS) is 11.2. The summed E-state index contributed by atoms with van der Waals surface area (Å²) in [4.78, 5) is 11.1. The maximum absolute atomic E-state index is 11.1. The Morgan fingerprint density at radius 3 is 2.65 bits per heavy atom. The van der Waals surface area contributed by atoms with Crippen molar-refractivity contribution >= 4 is 21.9 Å². The lowest BCUT2D eigenvalue weighted by molar-refractivity contribution is -0.141. The number of ether oxygens (including phenoxy) is 2. The lowest BCUT2D eigenvalue weighted by atomic mass is 10.1. The van der Waals surface area contributed by atoms with Gasteiger partial charge in [0.25, 0.3) is 0 Å². The molecule has 0 spiro atoms. The zero-order valence-corrected chi connectivity index (χ0v) is 14.0. The summed E-state index contributed by atoms with van der Waals surface area (Å²) in [5, 5.41) is 3.42. The van der Waals surface area contributed by atoms with Crippen LogP contribution in [0.2, 0.25) is 0 Å². The van der Waals surface area contributed by atoms with Crippen molar-refractivity contribution in [3.63, 3.8) is 0 Å². The monoisotopic (exact) mass is 343 g/mol. The number of hydrogen-bond donors (Lipinski definition) is 1. The summed E-state index contributed by atoms with van der Waals surface area (Å²) >= 11 is 3.48. The van der Waals surface area contributed by atoms with Crippen molar-refractivity contribution in [1.29, 1.82) is 0 Å². The molecule has 0 aromatic heterocycles. The van der Waals surface area contributed by atoms with Crippen molar-refractivity contribution < 1.29 is 14.3 Å². The molecular weight excluding hydrogens is 322 g/mol. The van der Waals surface area contributed by atoms with E-state index in [1.807, 2.05) is 18.2 Å². The molecule has 0 radical (unpaired) electrons. The number of benzene rings is 1. The van der Waals surface area contributed by atoms with E-state index in [1.165, 1.54) is 7.11 Å². The van der Waals surface area contributed by atoms with Crippen LogP contribution in [0.3, 0.4) is 0 Å². The maximum Gasteiger partial charge on any atom is 0.308 e. The van der Waals surface area contributed by atoms with E-state index >= 15 is 0 Å². The molecule has 20 heavy (non-hydrogen) atoms. The topological polar surface area (TPSA) is 47.6 Å². The van der Waals surface area contributed by atoms with Gasteiger partial charge in [-0.2, -0.15) is 0 Å². The van der Waals surface area contributed by atoms with Crippen LogP contribution >= 0.6 is 15.9 Å². The second-order valence-corrected chi connectivity index (χ2v) is 6.36. The average molecular weight is 344 g/mol. The predicted octanol–water partition coefficient (Wildman–Crippen LogP) is 3.28. The number of nitrogens with one attached hydrogen (secondary N) is 1. The standard InChI is InChI=1S/C15H22BrNO3/c1-15(2,3)17-10-11-6-5-7-12(16)14(11)20-9-8-13(18)19-4/h5-7,17H,8-10H2,1-4H3. The lowest BCUT2D eigenvalue weighted by Gasteiger charge is -2.22. The van der Waals surface area contributed by atoms with Crippen LogP contribution < -0.4 is 10.1 Å². The van der Waals surface area contributed by atoms with Gasteiger partial charge in [0.05, 0.1) is 24.6 Å². The molecule has 0 amide bonds. The van der Waals surface area contributed by atoms with Gasteiger partial charge in [0.1, 0.15) is 5.75 Å². The average Bonchev–Trinajstić information content (AvgIpc) is 2.37. The Bertz CT molecular complexity index is 455. The quantitative estimate of drug-likeness (QED) is 0.805. The molecule has 4 nitrogen and oxygen atoms in total. The SMILES string of the molecule is COC(=O)CCOc1c(Br)cccc1CNC(C)(C)C. The Labute approximate surface area is 129 Å². The van der Waals surface area contributed by atoms with Crippen molar-refractivity contribution in [1.82, 2.24) is 5.32 Å². The van der Waals surface area contributed by atoms with E-state index in [1.54, 1.807) is 0 Å². The molecule has 112 valence electrons. The molecule has 0 saturated heterocycles. The molecular formula is C15H22BrNO3. The Morgan fingerprint density at radius 2 is 2.05 bits per heavy atom. The number of hydrogen-bond acceptors (Lipinski definition) is 4. The summed E-state index contributed by atoms with van der Waals surface area (Å²) in [5.41, 5.74) is 1.09. The summed E-state index contributed by atoms with van der Waals surface area (Å²) in [7, 11) is 1.37. The van der Waals surface area contributed by atoms with E-state index in [0.717, 1.165) is 15.8 Å². The molecule has 0 aliphatic heterocycles. The van der Waals surface area contributed by atoms with Gasteiger partial charge in [-0.15, -0.1) is 0 Å². The van der Waals surface area contributed by atoms with Gasteiger partial charge in [0.2, 0.25) is 0 Å². The highest BCUT2D eigenvalue weighted by molar-refractivity contribution is 9.10. The minimum absolute atomic E-state index is 0.0333. The number of para-hydroxylation sites is 1. The molecule has 0 heterocycles. The minimum atomic E-state index is -0.272. The van der Waals surface area contributed by atoms with Crippen molar-refractivity contribution in [3.8, 4) is 5.75 Å². The van der Waals surface area contributed by atoms with E-state index in [4.69, 9.17) is 4.74 Å². The molecule has 0 unspecified atom stereocenters. The van der Waals surface area contributed by atoms with E-state index in [2.05, 4.69) is 46.8 Å². The molecule has 0 aliphatic carbocycles. The molecule has 1 aromatic rings. The first-order valence-electron chi connectivity index (χ1n) is 6.55. The first kappa shape index (κ1) is 17.0. The van der Waals surface area contributed by atoms with E-state index in [9.17, 15) is 4.79 Å². The number of esters is 1. The molecule has 5 heteroatoms. The predicted molar refractivity (Wildman–Crippen MR) is 82.9 cm³/mol. The largest absolute Gasteiger partial charge is 0.491 e. The Morgan fingerprint density at radius 1 is 1.35 bits per heavy atom. The smallest absolute Gasteiger partial charge is 0.308 e. The lowest BCUT2D eigenvalue weighted by Crippen LogP contribution is -2.35. The molecule has 0 bridgehead atoms. The summed E-state index contributed by atoms with van der Waals surface area (Å²) in [6.07, 6.45) is 0.240. The Kier molecular flexibility index (Phi) is 6.49. The van der Waals surface area contributed by atoms with Crippen LogP contribution in [0.5, 0.6) is 5.75 Å². The van der Waals surface area contributed by atoms with Gasteiger partial charge in [-0.25, -0.2) is 0 Å². The summed E-state index contributed by atoms with van der Waals surface area (Å²) < 4.78 is 11.2. The third-order valence-electron chi connectivity index (χ3n) is 2.64. The van der Waals surface area contributed by atoms with E-state index in [0.29, 0.717) is 13.2 Å².